The Kier molecular flexibility index (Phi) is 5.46. The van der Waals surface area contributed by atoms with Crippen molar-refractivity contribution in [2.24, 2.45) is 0 Å². The topological polar surface area (TPSA) is 67.8 Å². The first kappa shape index (κ1) is 17.6. The molecule has 0 aromatic heterocycles. The molecule has 6 heteroatoms. The third-order valence-corrected chi connectivity index (χ3v) is 4.57. The van der Waals surface area contributed by atoms with Gasteiger partial charge in [-0.15, -0.1) is 0 Å². The molecule has 1 aliphatic heterocycles. The molecule has 0 saturated heterocycles. The third-order valence-electron chi connectivity index (χ3n) is 4.33. The third kappa shape index (κ3) is 3.72. The number of rotatable bonds is 4. The van der Waals surface area contributed by atoms with E-state index in [4.69, 9.17) is 21.1 Å². The van der Waals surface area contributed by atoms with Crippen molar-refractivity contribution in [2.45, 2.75) is 18.8 Å². The number of carbonyl (C=O) groups excluding carboxylic acids is 1. The lowest BCUT2D eigenvalue weighted by molar-refractivity contribution is 0.150. The van der Waals surface area contributed by atoms with Gasteiger partial charge >= 0.3 is 6.09 Å². The SMILES string of the molecule is CCOC(=O)NC[C@H]1c2cc(Cl)ccc2Oc2ccccc2[C@@H]1CO. The molecule has 0 aliphatic carbocycles. The van der Waals surface area contributed by atoms with E-state index in [1.54, 1.807) is 13.0 Å². The summed E-state index contributed by atoms with van der Waals surface area (Å²) in [6.07, 6.45) is -0.485. The van der Waals surface area contributed by atoms with E-state index >= 15 is 0 Å². The molecule has 0 spiro atoms. The van der Waals surface area contributed by atoms with Gasteiger partial charge in [-0.25, -0.2) is 4.79 Å². The summed E-state index contributed by atoms with van der Waals surface area (Å²) < 4.78 is 11.0. The van der Waals surface area contributed by atoms with Crippen molar-refractivity contribution in [3.63, 3.8) is 0 Å². The van der Waals surface area contributed by atoms with Gasteiger partial charge in [0.2, 0.25) is 0 Å². The fourth-order valence-electron chi connectivity index (χ4n) is 3.19. The molecular formula is C19H20ClNO4. The number of fused-ring (bicyclic) bond motifs is 2. The molecule has 2 aromatic carbocycles. The van der Waals surface area contributed by atoms with Gasteiger partial charge in [-0.05, 0) is 31.2 Å². The minimum atomic E-state index is -0.485. The minimum absolute atomic E-state index is 0.0818. The number of para-hydroxylation sites is 1. The van der Waals surface area contributed by atoms with Crippen LogP contribution in [0.1, 0.15) is 29.9 Å². The predicted octanol–water partition coefficient (Wildman–Crippen LogP) is 4.05. The zero-order chi connectivity index (χ0) is 17.8. The molecule has 0 unspecified atom stereocenters. The molecule has 2 atom stereocenters. The standard InChI is InChI=1S/C19H20ClNO4/c1-2-24-19(23)21-10-15-14-9-12(20)7-8-18(14)25-17-6-4-3-5-13(17)16(15)11-22/h3-9,15-16,22H,2,10-11H2,1H3,(H,21,23)/t15-,16-/m0/s1. The van der Waals surface area contributed by atoms with Gasteiger partial charge in [-0.2, -0.15) is 0 Å². The van der Waals surface area contributed by atoms with Crippen LogP contribution in [0.15, 0.2) is 42.5 Å². The van der Waals surface area contributed by atoms with Gasteiger partial charge in [0.15, 0.2) is 0 Å². The predicted molar refractivity (Wildman–Crippen MR) is 95.6 cm³/mol. The summed E-state index contributed by atoms with van der Waals surface area (Å²) >= 11 is 6.18. The van der Waals surface area contributed by atoms with Gasteiger partial charge in [0, 0.05) is 34.5 Å². The van der Waals surface area contributed by atoms with E-state index in [2.05, 4.69) is 5.32 Å². The lowest BCUT2D eigenvalue weighted by Crippen LogP contribution is -2.32. The molecule has 1 amide bonds. The van der Waals surface area contributed by atoms with E-state index in [0.29, 0.717) is 29.7 Å². The van der Waals surface area contributed by atoms with Crippen molar-refractivity contribution in [3.8, 4) is 11.5 Å². The average Bonchev–Trinajstić information content (AvgIpc) is 2.74. The van der Waals surface area contributed by atoms with E-state index < -0.39 is 6.09 Å². The van der Waals surface area contributed by atoms with Gasteiger partial charge in [0.1, 0.15) is 11.5 Å². The van der Waals surface area contributed by atoms with E-state index in [9.17, 15) is 9.90 Å². The molecule has 0 bridgehead atoms. The molecule has 0 fully saturated rings. The molecule has 5 nitrogen and oxygen atoms in total. The van der Waals surface area contributed by atoms with Gasteiger partial charge in [0.25, 0.3) is 0 Å². The van der Waals surface area contributed by atoms with Crippen molar-refractivity contribution in [2.75, 3.05) is 19.8 Å². The molecular weight excluding hydrogens is 342 g/mol. The Morgan fingerprint density at radius 3 is 2.72 bits per heavy atom. The zero-order valence-corrected chi connectivity index (χ0v) is 14.6. The number of aliphatic hydroxyl groups excluding tert-OH is 1. The van der Waals surface area contributed by atoms with Crippen molar-refractivity contribution in [1.29, 1.82) is 0 Å². The number of ether oxygens (including phenoxy) is 2. The second-order valence-electron chi connectivity index (χ2n) is 5.82. The monoisotopic (exact) mass is 361 g/mol. The first-order valence-corrected chi connectivity index (χ1v) is 8.59. The van der Waals surface area contributed by atoms with Crippen molar-refractivity contribution >= 4 is 17.7 Å². The molecule has 1 aliphatic rings. The van der Waals surface area contributed by atoms with Crippen LogP contribution in [0.5, 0.6) is 11.5 Å². The second-order valence-corrected chi connectivity index (χ2v) is 6.26. The Bertz CT molecular complexity index is 765. The van der Waals surface area contributed by atoms with E-state index in [1.807, 2.05) is 36.4 Å². The number of hydrogen-bond acceptors (Lipinski definition) is 4. The van der Waals surface area contributed by atoms with Gasteiger partial charge in [0.05, 0.1) is 13.2 Å². The van der Waals surface area contributed by atoms with Gasteiger partial charge in [-0.1, -0.05) is 29.8 Å². The number of benzene rings is 2. The van der Waals surface area contributed by atoms with Crippen LogP contribution in [0.3, 0.4) is 0 Å². The van der Waals surface area contributed by atoms with Crippen LogP contribution in [0, 0.1) is 0 Å². The Hall–Kier alpha value is -2.24. The minimum Gasteiger partial charge on any atom is -0.457 e. The summed E-state index contributed by atoms with van der Waals surface area (Å²) in [6.45, 7) is 2.27. The molecule has 0 saturated carbocycles. The number of nitrogens with one attached hydrogen (secondary N) is 1. The van der Waals surface area contributed by atoms with E-state index in [1.165, 1.54) is 0 Å². The largest absolute Gasteiger partial charge is 0.457 e. The summed E-state index contributed by atoms with van der Waals surface area (Å²) in [5, 5.41) is 13.4. The maximum Gasteiger partial charge on any atom is 0.407 e. The number of carbonyl (C=O) groups is 1. The molecule has 2 N–H and O–H groups in total. The zero-order valence-electron chi connectivity index (χ0n) is 13.9. The normalized spacial score (nSPS) is 18.4. The first-order valence-electron chi connectivity index (χ1n) is 8.21. The maximum atomic E-state index is 11.7. The Morgan fingerprint density at radius 1 is 1.20 bits per heavy atom. The van der Waals surface area contributed by atoms with Crippen molar-refractivity contribution in [3.05, 3.63) is 58.6 Å². The summed E-state index contributed by atoms with van der Waals surface area (Å²) in [5.74, 6) is 0.928. The molecule has 3 rings (SSSR count). The highest BCUT2D eigenvalue weighted by molar-refractivity contribution is 6.30. The molecule has 132 valence electrons. The fraction of sp³-hybridized carbons (Fsp3) is 0.316. The van der Waals surface area contributed by atoms with Crippen LogP contribution in [0.4, 0.5) is 4.79 Å². The molecule has 0 radical (unpaired) electrons. The molecule has 1 heterocycles. The molecule has 25 heavy (non-hydrogen) atoms. The fourth-order valence-corrected chi connectivity index (χ4v) is 3.37. The summed E-state index contributed by atoms with van der Waals surface area (Å²) in [4.78, 5) is 11.7. The lowest BCUT2D eigenvalue weighted by Gasteiger charge is -2.25. The Labute approximate surface area is 151 Å². The summed E-state index contributed by atoms with van der Waals surface area (Å²) in [5.41, 5.74) is 1.74. The lowest BCUT2D eigenvalue weighted by atomic mass is 9.82. The van der Waals surface area contributed by atoms with Gasteiger partial charge in [-0.3, -0.25) is 0 Å². The summed E-state index contributed by atoms with van der Waals surface area (Å²) in [7, 11) is 0. The number of aliphatic hydroxyl groups is 1. The highest BCUT2D eigenvalue weighted by Gasteiger charge is 2.32. The highest BCUT2D eigenvalue weighted by Crippen LogP contribution is 2.46. The van der Waals surface area contributed by atoms with Gasteiger partial charge < -0.3 is 19.9 Å². The first-order chi connectivity index (χ1) is 12.1. The Morgan fingerprint density at radius 2 is 1.96 bits per heavy atom. The second kappa shape index (κ2) is 7.76. The summed E-state index contributed by atoms with van der Waals surface area (Å²) in [6, 6.07) is 13.0. The van der Waals surface area contributed by atoms with Crippen LogP contribution in [-0.4, -0.2) is 31.0 Å². The number of hydrogen-bond donors (Lipinski definition) is 2. The van der Waals surface area contributed by atoms with Crippen LogP contribution >= 0.6 is 11.6 Å². The van der Waals surface area contributed by atoms with Crippen molar-refractivity contribution < 1.29 is 19.4 Å². The van der Waals surface area contributed by atoms with E-state index in [0.717, 1.165) is 11.1 Å². The smallest absolute Gasteiger partial charge is 0.407 e. The molecule has 2 aromatic rings. The number of halogens is 1. The van der Waals surface area contributed by atoms with Crippen LogP contribution in [0.25, 0.3) is 0 Å². The maximum absolute atomic E-state index is 11.7. The number of alkyl carbamates (subject to hydrolysis) is 1. The van der Waals surface area contributed by atoms with E-state index in [-0.39, 0.29) is 18.4 Å². The quantitative estimate of drug-likeness (QED) is 0.862. The number of amides is 1. The van der Waals surface area contributed by atoms with Crippen LogP contribution < -0.4 is 10.1 Å². The van der Waals surface area contributed by atoms with Crippen LogP contribution in [-0.2, 0) is 4.74 Å². The highest BCUT2D eigenvalue weighted by atomic mass is 35.5. The average molecular weight is 362 g/mol. The van der Waals surface area contributed by atoms with Crippen molar-refractivity contribution in [1.82, 2.24) is 5.32 Å². The van der Waals surface area contributed by atoms with Crippen LogP contribution in [0.2, 0.25) is 5.02 Å². The Balaban J connectivity index is 2.02.